The highest BCUT2D eigenvalue weighted by molar-refractivity contribution is 5.97. The van der Waals surface area contributed by atoms with Gasteiger partial charge in [-0.15, -0.1) is 12.4 Å². The Balaban J connectivity index is 0.00000329. The summed E-state index contributed by atoms with van der Waals surface area (Å²) in [5, 5.41) is 3.34. The zero-order valence-electron chi connectivity index (χ0n) is 24.3. The molecule has 2 saturated heterocycles. The maximum atomic E-state index is 14.4. The number of amides is 1. The number of fused-ring (bicyclic) bond motifs is 1. The van der Waals surface area contributed by atoms with E-state index in [2.05, 4.69) is 25.2 Å². The maximum absolute atomic E-state index is 14.4. The first-order chi connectivity index (χ1) is 20.4. The van der Waals surface area contributed by atoms with E-state index in [4.69, 9.17) is 14.2 Å². The third-order valence-corrected chi connectivity index (χ3v) is 8.80. The van der Waals surface area contributed by atoms with Crippen LogP contribution in [0.5, 0.6) is 17.2 Å². The van der Waals surface area contributed by atoms with E-state index in [0.29, 0.717) is 24.8 Å². The van der Waals surface area contributed by atoms with E-state index in [0.717, 1.165) is 56.9 Å². The summed E-state index contributed by atoms with van der Waals surface area (Å²) in [7, 11) is 0. The van der Waals surface area contributed by atoms with Gasteiger partial charge in [0, 0.05) is 56.0 Å². The average molecular weight is 611 g/mol. The highest BCUT2D eigenvalue weighted by atomic mass is 35.5. The predicted octanol–water partition coefficient (Wildman–Crippen LogP) is 4.52. The topological polar surface area (TPSA) is 102 Å². The number of aromatic nitrogens is 3. The molecule has 1 aromatic carbocycles. The lowest BCUT2D eigenvalue weighted by Crippen LogP contribution is -2.65. The smallest absolute Gasteiger partial charge is 0.258 e. The van der Waals surface area contributed by atoms with Gasteiger partial charge in [-0.25, -0.2) is 14.4 Å². The molecule has 1 aliphatic carbocycles. The average Bonchev–Trinajstić information content (AvgIpc) is 3.64. The SMILES string of the molecule is CC(C)N(C(=O)c1cc(F)ccc1Oc1cncnc1N1CC2(CC(Oc3ccnc4c3CNC4)C2)C1)[C@H]1CCOC1.Cl. The number of benzene rings is 1. The Morgan fingerprint density at radius 2 is 2.00 bits per heavy atom. The molecule has 228 valence electrons. The van der Waals surface area contributed by atoms with Crippen molar-refractivity contribution in [3.63, 3.8) is 0 Å². The fourth-order valence-electron chi connectivity index (χ4n) is 6.81. The minimum atomic E-state index is -0.499. The molecule has 1 N–H and O–H groups in total. The molecule has 1 amide bonds. The minimum Gasteiger partial charge on any atom is -0.490 e. The zero-order chi connectivity index (χ0) is 28.8. The summed E-state index contributed by atoms with van der Waals surface area (Å²) >= 11 is 0. The second-order valence-corrected chi connectivity index (χ2v) is 12.1. The van der Waals surface area contributed by atoms with Gasteiger partial charge in [-0.2, -0.15) is 0 Å². The number of pyridine rings is 1. The predicted molar refractivity (Wildman–Crippen MR) is 159 cm³/mol. The molecular formula is C31H36ClFN6O4. The monoisotopic (exact) mass is 610 g/mol. The Hall–Kier alpha value is -3.54. The second kappa shape index (κ2) is 11.9. The van der Waals surface area contributed by atoms with Crippen LogP contribution in [0.3, 0.4) is 0 Å². The van der Waals surface area contributed by atoms with Gasteiger partial charge in [0.25, 0.3) is 5.91 Å². The van der Waals surface area contributed by atoms with E-state index >= 15 is 0 Å². The Morgan fingerprint density at radius 1 is 1.16 bits per heavy atom. The highest BCUT2D eigenvalue weighted by Crippen LogP contribution is 2.52. The third kappa shape index (κ3) is 5.61. The molecule has 12 heteroatoms. The molecule has 43 heavy (non-hydrogen) atoms. The van der Waals surface area contributed by atoms with Gasteiger partial charge in [0.15, 0.2) is 11.6 Å². The lowest BCUT2D eigenvalue weighted by molar-refractivity contribution is -0.0348. The number of anilines is 1. The summed E-state index contributed by atoms with van der Waals surface area (Å²) in [4.78, 5) is 30.8. The van der Waals surface area contributed by atoms with Crippen molar-refractivity contribution in [2.24, 2.45) is 5.41 Å². The Labute approximate surface area is 256 Å². The fourth-order valence-corrected chi connectivity index (χ4v) is 6.81. The van der Waals surface area contributed by atoms with Gasteiger partial charge in [0.05, 0.1) is 30.1 Å². The lowest BCUT2D eigenvalue weighted by Gasteiger charge is -2.58. The molecule has 0 radical (unpaired) electrons. The number of nitrogens with zero attached hydrogens (tertiary/aromatic N) is 5. The van der Waals surface area contributed by atoms with Crippen molar-refractivity contribution >= 4 is 24.1 Å². The van der Waals surface area contributed by atoms with Crippen molar-refractivity contribution in [3.05, 3.63) is 65.6 Å². The van der Waals surface area contributed by atoms with Crippen LogP contribution in [0.15, 0.2) is 43.0 Å². The quantitative estimate of drug-likeness (QED) is 0.395. The summed E-state index contributed by atoms with van der Waals surface area (Å²) in [5.74, 6) is 1.52. The van der Waals surface area contributed by atoms with Crippen LogP contribution in [0.2, 0.25) is 0 Å². The summed E-state index contributed by atoms with van der Waals surface area (Å²) in [6, 6.07) is 5.86. The van der Waals surface area contributed by atoms with Gasteiger partial charge >= 0.3 is 0 Å². The summed E-state index contributed by atoms with van der Waals surface area (Å²) in [6.45, 7) is 8.22. The number of hydrogen-bond donors (Lipinski definition) is 1. The first-order valence-electron chi connectivity index (χ1n) is 14.7. The van der Waals surface area contributed by atoms with Crippen LogP contribution in [0, 0.1) is 11.2 Å². The van der Waals surface area contributed by atoms with E-state index < -0.39 is 5.82 Å². The fraction of sp³-hybridized carbons (Fsp3) is 0.484. The molecule has 3 fully saturated rings. The molecule has 5 heterocycles. The number of carbonyl (C=O) groups excluding carboxylic acids is 1. The zero-order valence-corrected chi connectivity index (χ0v) is 25.1. The largest absolute Gasteiger partial charge is 0.490 e. The van der Waals surface area contributed by atoms with Gasteiger partial charge in [-0.05, 0) is 57.4 Å². The molecule has 0 bridgehead atoms. The molecule has 1 saturated carbocycles. The first kappa shape index (κ1) is 29.5. The second-order valence-electron chi connectivity index (χ2n) is 12.1. The molecule has 4 aliphatic rings. The van der Waals surface area contributed by atoms with Crippen molar-refractivity contribution in [2.45, 2.75) is 64.4 Å². The number of ether oxygens (including phenoxy) is 3. The normalized spacial score (nSPS) is 20.3. The number of hydrogen-bond acceptors (Lipinski definition) is 9. The van der Waals surface area contributed by atoms with Gasteiger partial charge in [-0.1, -0.05) is 0 Å². The summed E-state index contributed by atoms with van der Waals surface area (Å²) < 4.78 is 32.6. The van der Waals surface area contributed by atoms with Gasteiger partial charge in [-0.3, -0.25) is 9.78 Å². The molecule has 10 nitrogen and oxygen atoms in total. The molecule has 2 aromatic heterocycles. The van der Waals surface area contributed by atoms with Crippen LogP contribution in [0.25, 0.3) is 0 Å². The van der Waals surface area contributed by atoms with E-state index in [1.807, 2.05) is 26.1 Å². The van der Waals surface area contributed by atoms with Crippen LogP contribution < -0.4 is 19.7 Å². The third-order valence-electron chi connectivity index (χ3n) is 8.80. The molecular weight excluding hydrogens is 575 g/mol. The van der Waals surface area contributed by atoms with Crippen LogP contribution >= 0.6 is 12.4 Å². The number of rotatable bonds is 8. The minimum absolute atomic E-state index is 0. The number of carbonyl (C=O) groups is 1. The maximum Gasteiger partial charge on any atom is 0.258 e. The molecule has 3 aliphatic heterocycles. The van der Waals surface area contributed by atoms with Crippen molar-refractivity contribution in [3.8, 4) is 17.2 Å². The molecule has 1 atom stereocenters. The summed E-state index contributed by atoms with van der Waals surface area (Å²) in [6.07, 6.45) is 7.79. The number of halogens is 2. The first-order valence-corrected chi connectivity index (χ1v) is 14.7. The van der Waals surface area contributed by atoms with E-state index in [-0.39, 0.29) is 53.2 Å². The van der Waals surface area contributed by atoms with Crippen LogP contribution in [0.1, 0.15) is 54.7 Å². The van der Waals surface area contributed by atoms with Crippen molar-refractivity contribution < 1.29 is 23.4 Å². The van der Waals surface area contributed by atoms with Crippen molar-refractivity contribution in [1.82, 2.24) is 25.2 Å². The van der Waals surface area contributed by atoms with Gasteiger partial charge < -0.3 is 29.3 Å². The Morgan fingerprint density at radius 3 is 2.77 bits per heavy atom. The van der Waals surface area contributed by atoms with Crippen LogP contribution in [0.4, 0.5) is 10.2 Å². The van der Waals surface area contributed by atoms with Crippen LogP contribution in [-0.2, 0) is 17.8 Å². The van der Waals surface area contributed by atoms with E-state index in [1.54, 1.807) is 11.1 Å². The molecule has 7 rings (SSSR count). The van der Waals surface area contributed by atoms with Gasteiger partial charge in [0.2, 0.25) is 0 Å². The van der Waals surface area contributed by atoms with Crippen molar-refractivity contribution in [2.75, 3.05) is 31.2 Å². The molecule has 1 spiro atoms. The Bertz CT molecular complexity index is 1490. The summed E-state index contributed by atoms with van der Waals surface area (Å²) in [5.41, 5.74) is 2.59. The standard InChI is InChI=1S/C31H35FN6O4.ClH/c1-19(2)38(21-6-8-40-15-21)30(39)23-9-20(32)3-4-26(23)42-28-14-34-18-36-29(28)37-16-31(17-37)10-22(11-31)41-27-5-7-35-25-13-33-12-24(25)27;/h3-5,7,9,14,18-19,21-22,33H,6,8,10-13,15-17H2,1-2H3;1H/t21-;/m0./s1. The van der Waals surface area contributed by atoms with E-state index in [1.165, 1.54) is 30.1 Å². The van der Waals surface area contributed by atoms with Crippen LogP contribution in [-0.4, -0.2) is 70.2 Å². The Kier molecular flexibility index (Phi) is 8.14. The number of nitrogens with one attached hydrogen (secondary N) is 1. The lowest BCUT2D eigenvalue weighted by atomic mass is 9.61. The van der Waals surface area contributed by atoms with Gasteiger partial charge in [0.1, 0.15) is 29.7 Å². The van der Waals surface area contributed by atoms with Crippen molar-refractivity contribution in [1.29, 1.82) is 0 Å². The molecule has 3 aromatic rings. The molecule has 0 unspecified atom stereocenters. The van der Waals surface area contributed by atoms with E-state index in [9.17, 15) is 9.18 Å². The highest BCUT2D eigenvalue weighted by Gasteiger charge is 2.54.